The van der Waals surface area contributed by atoms with Gasteiger partial charge in [0.2, 0.25) is 0 Å². The number of ether oxygens (including phenoxy) is 1. The lowest BCUT2D eigenvalue weighted by atomic mass is 9.94. The van der Waals surface area contributed by atoms with Gasteiger partial charge in [-0.3, -0.25) is 14.6 Å². The molecule has 32 heavy (non-hydrogen) atoms. The molecule has 0 bridgehead atoms. The third-order valence-electron chi connectivity index (χ3n) is 5.48. The molecule has 1 saturated heterocycles. The standard InChI is InChI=1S/C25H21FN2O4/c1-15-12-17(9-10-19(15)26)23(29)21-22(18-7-3-4-8-20(18)32-2)28(25(31)24(21)30)14-16-6-5-11-27-13-16/h3-13,22,29H,14H2,1-2H3/b23-21+. The van der Waals surface area contributed by atoms with Crippen molar-refractivity contribution in [3.63, 3.8) is 0 Å². The summed E-state index contributed by atoms with van der Waals surface area (Å²) < 4.78 is 19.3. The quantitative estimate of drug-likeness (QED) is 0.372. The molecular formula is C25H21FN2O4. The number of benzene rings is 2. The molecule has 7 heteroatoms. The van der Waals surface area contributed by atoms with Crippen LogP contribution in [0.1, 0.15) is 28.3 Å². The van der Waals surface area contributed by atoms with Crippen LogP contribution in [0.3, 0.4) is 0 Å². The number of carbonyl (C=O) groups is 2. The number of nitrogens with zero attached hydrogens (tertiary/aromatic N) is 2. The van der Waals surface area contributed by atoms with Crippen LogP contribution in [-0.4, -0.2) is 33.8 Å². The number of Topliss-reactive ketones (excluding diaryl/α,β-unsaturated/α-hetero) is 1. The second-order valence-electron chi connectivity index (χ2n) is 7.49. The van der Waals surface area contributed by atoms with E-state index < -0.39 is 23.5 Å². The number of aliphatic hydroxyl groups excluding tert-OH is 1. The van der Waals surface area contributed by atoms with Crippen LogP contribution in [0.5, 0.6) is 5.75 Å². The number of likely N-dealkylation sites (tertiary alicyclic amines) is 1. The molecule has 1 atom stereocenters. The molecule has 2 aromatic carbocycles. The summed E-state index contributed by atoms with van der Waals surface area (Å²) in [5, 5.41) is 11.1. The SMILES string of the molecule is COc1ccccc1C1/C(=C(\O)c2ccc(F)c(C)c2)C(=O)C(=O)N1Cc1cccnc1. The summed E-state index contributed by atoms with van der Waals surface area (Å²) in [6.07, 6.45) is 3.23. The molecule has 1 aliphatic rings. The monoisotopic (exact) mass is 432 g/mol. The molecule has 1 N–H and O–H groups in total. The van der Waals surface area contributed by atoms with Gasteiger partial charge in [-0.2, -0.15) is 0 Å². The highest BCUT2D eigenvalue weighted by Gasteiger charge is 2.47. The van der Waals surface area contributed by atoms with E-state index >= 15 is 0 Å². The molecule has 0 spiro atoms. The Morgan fingerprint density at radius 3 is 2.62 bits per heavy atom. The van der Waals surface area contributed by atoms with Crippen LogP contribution in [0, 0.1) is 12.7 Å². The average Bonchev–Trinajstić information content (AvgIpc) is 3.05. The Balaban J connectivity index is 1.91. The maximum absolute atomic E-state index is 13.8. The number of carbonyl (C=O) groups excluding carboxylic acids is 2. The number of hydrogen-bond acceptors (Lipinski definition) is 5. The summed E-state index contributed by atoms with van der Waals surface area (Å²) in [4.78, 5) is 31.7. The fourth-order valence-electron chi connectivity index (χ4n) is 3.89. The summed E-state index contributed by atoms with van der Waals surface area (Å²) in [6, 6.07) is 13.7. The number of methoxy groups -OCH3 is 1. The molecule has 1 aromatic heterocycles. The Hall–Kier alpha value is -4.00. The van der Waals surface area contributed by atoms with Gasteiger partial charge in [-0.05, 0) is 48.4 Å². The minimum Gasteiger partial charge on any atom is -0.507 e. The molecule has 1 unspecified atom stereocenters. The first-order chi connectivity index (χ1) is 15.4. The molecule has 0 radical (unpaired) electrons. The Kier molecular flexibility index (Phi) is 5.73. The van der Waals surface area contributed by atoms with Crippen LogP contribution in [0.4, 0.5) is 4.39 Å². The van der Waals surface area contributed by atoms with Crippen LogP contribution in [0.2, 0.25) is 0 Å². The second kappa shape index (κ2) is 8.63. The number of hydrogen-bond donors (Lipinski definition) is 1. The van der Waals surface area contributed by atoms with Crippen molar-refractivity contribution in [3.05, 3.63) is 101 Å². The zero-order valence-corrected chi connectivity index (χ0v) is 17.6. The molecule has 3 aromatic rings. The van der Waals surface area contributed by atoms with E-state index in [2.05, 4.69) is 4.98 Å². The highest BCUT2D eigenvalue weighted by molar-refractivity contribution is 6.46. The van der Waals surface area contributed by atoms with Crippen molar-refractivity contribution >= 4 is 17.4 Å². The van der Waals surface area contributed by atoms with Crippen LogP contribution in [-0.2, 0) is 16.1 Å². The number of aliphatic hydroxyl groups is 1. The average molecular weight is 432 g/mol. The highest BCUT2D eigenvalue weighted by atomic mass is 19.1. The number of para-hydroxylation sites is 1. The lowest BCUT2D eigenvalue weighted by molar-refractivity contribution is -0.140. The van der Waals surface area contributed by atoms with Crippen LogP contribution in [0.15, 0.2) is 72.6 Å². The first-order valence-electron chi connectivity index (χ1n) is 9.99. The van der Waals surface area contributed by atoms with Gasteiger partial charge < -0.3 is 14.7 Å². The van der Waals surface area contributed by atoms with E-state index in [1.54, 1.807) is 55.7 Å². The van der Waals surface area contributed by atoms with Crippen LogP contribution >= 0.6 is 0 Å². The van der Waals surface area contributed by atoms with Crippen molar-refractivity contribution in [2.75, 3.05) is 7.11 Å². The van der Waals surface area contributed by atoms with Gasteiger partial charge in [0, 0.05) is 30.1 Å². The first kappa shape index (κ1) is 21.2. The van der Waals surface area contributed by atoms with Crippen LogP contribution < -0.4 is 4.74 Å². The number of rotatable bonds is 5. The molecule has 4 rings (SSSR count). The van der Waals surface area contributed by atoms with E-state index in [1.807, 2.05) is 0 Å². The molecule has 1 fully saturated rings. The lowest BCUT2D eigenvalue weighted by Gasteiger charge is -2.26. The molecule has 0 saturated carbocycles. The third-order valence-corrected chi connectivity index (χ3v) is 5.48. The Morgan fingerprint density at radius 2 is 1.94 bits per heavy atom. The largest absolute Gasteiger partial charge is 0.507 e. The smallest absolute Gasteiger partial charge is 0.295 e. The number of halogens is 1. The van der Waals surface area contributed by atoms with Gasteiger partial charge in [0.25, 0.3) is 11.7 Å². The van der Waals surface area contributed by atoms with Gasteiger partial charge in [0.15, 0.2) is 0 Å². The Morgan fingerprint density at radius 1 is 1.16 bits per heavy atom. The molecule has 1 amide bonds. The topological polar surface area (TPSA) is 79.7 Å². The van der Waals surface area contributed by atoms with Gasteiger partial charge in [-0.25, -0.2) is 4.39 Å². The van der Waals surface area contributed by atoms with Gasteiger partial charge in [-0.1, -0.05) is 24.3 Å². The number of pyridine rings is 1. The minimum absolute atomic E-state index is 0.0746. The van der Waals surface area contributed by atoms with Crippen LogP contribution in [0.25, 0.3) is 5.76 Å². The molecule has 2 heterocycles. The lowest BCUT2D eigenvalue weighted by Crippen LogP contribution is -2.29. The molecule has 0 aliphatic carbocycles. The Labute approximate surface area is 184 Å². The zero-order valence-electron chi connectivity index (χ0n) is 17.6. The fourth-order valence-corrected chi connectivity index (χ4v) is 3.89. The molecule has 162 valence electrons. The maximum Gasteiger partial charge on any atom is 0.295 e. The normalized spacial score (nSPS) is 17.6. The van der Waals surface area contributed by atoms with E-state index in [9.17, 15) is 19.1 Å². The summed E-state index contributed by atoms with van der Waals surface area (Å²) in [5.41, 5.74) is 1.77. The summed E-state index contributed by atoms with van der Waals surface area (Å²) in [7, 11) is 1.50. The molecule has 6 nitrogen and oxygen atoms in total. The highest BCUT2D eigenvalue weighted by Crippen LogP contribution is 2.43. The number of aryl methyl sites for hydroxylation is 1. The van der Waals surface area contributed by atoms with Gasteiger partial charge in [-0.15, -0.1) is 0 Å². The molecule has 1 aliphatic heterocycles. The fraction of sp³-hybridized carbons (Fsp3) is 0.160. The van der Waals surface area contributed by atoms with Crippen molar-refractivity contribution in [1.82, 2.24) is 9.88 Å². The number of amides is 1. The van der Waals surface area contributed by atoms with E-state index in [-0.39, 0.29) is 23.4 Å². The van der Waals surface area contributed by atoms with Gasteiger partial charge in [0.05, 0.1) is 18.7 Å². The zero-order chi connectivity index (χ0) is 22.8. The summed E-state index contributed by atoms with van der Waals surface area (Å²) in [6.45, 7) is 1.67. The van der Waals surface area contributed by atoms with Crippen molar-refractivity contribution in [1.29, 1.82) is 0 Å². The maximum atomic E-state index is 13.8. The first-order valence-corrected chi connectivity index (χ1v) is 9.99. The van der Waals surface area contributed by atoms with Crippen molar-refractivity contribution in [3.8, 4) is 5.75 Å². The third kappa shape index (κ3) is 3.73. The predicted octanol–water partition coefficient (Wildman–Crippen LogP) is 4.16. The second-order valence-corrected chi connectivity index (χ2v) is 7.49. The summed E-state index contributed by atoms with van der Waals surface area (Å²) >= 11 is 0. The van der Waals surface area contributed by atoms with Gasteiger partial charge in [0.1, 0.15) is 17.3 Å². The summed E-state index contributed by atoms with van der Waals surface area (Å²) in [5.74, 6) is -1.89. The van der Waals surface area contributed by atoms with Gasteiger partial charge >= 0.3 is 0 Å². The number of aromatic nitrogens is 1. The Bertz CT molecular complexity index is 1220. The van der Waals surface area contributed by atoms with Crippen molar-refractivity contribution in [2.45, 2.75) is 19.5 Å². The van der Waals surface area contributed by atoms with E-state index in [0.29, 0.717) is 16.9 Å². The minimum atomic E-state index is -0.892. The van der Waals surface area contributed by atoms with E-state index in [4.69, 9.17) is 4.74 Å². The van der Waals surface area contributed by atoms with Crippen molar-refractivity contribution in [2.24, 2.45) is 0 Å². The van der Waals surface area contributed by atoms with E-state index in [1.165, 1.54) is 30.2 Å². The predicted molar refractivity (Wildman–Crippen MR) is 116 cm³/mol. The van der Waals surface area contributed by atoms with Crippen molar-refractivity contribution < 1.29 is 23.8 Å². The van der Waals surface area contributed by atoms with E-state index in [0.717, 1.165) is 5.56 Å². The molecular weight excluding hydrogens is 411 g/mol. The number of ketones is 1.